The Hall–Kier alpha value is -7.10. The number of hydrogen-bond donors (Lipinski definition) is 3. The number of carbonyl (C=O) groups is 2. The van der Waals surface area contributed by atoms with Gasteiger partial charge in [0.15, 0.2) is 6.29 Å². The number of anilines is 2. The van der Waals surface area contributed by atoms with E-state index in [1.54, 1.807) is 63.3 Å². The molecule has 16 heteroatoms. The van der Waals surface area contributed by atoms with Crippen LogP contribution in [0.4, 0.5) is 11.4 Å². The van der Waals surface area contributed by atoms with Crippen molar-refractivity contribution in [3.8, 4) is 40.2 Å². The molecule has 0 saturated carbocycles. The highest BCUT2D eigenvalue weighted by Gasteiger charge is 2.20. The van der Waals surface area contributed by atoms with Crippen LogP contribution in [0.15, 0.2) is 83.7 Å². The van der Waals surface area contributed by atoms with Gasteiger partial charge in [0, 0.05) is 30.4 Å². The van der Waals surface area contributed by atoms with Gasteiger partial charge in [-0.2, -0.15) is 5.53 Å². The fraction of sp³-hybridized carbons (Fsp3) is 0.434. The molecule has 5 rings (SSSR count). The standard InChI is InChI=1S/C40H58N4O4.C12H13N3O3.CH3NO/c1-29(44(43-41)35-28-33(45-9)19-22-38(35)46-10)25-30-26-31(39(2,3)4)17-20-36(30)47-23-15-13-11-12-14-16-24-48-37-21-18-32(40(5,6)7)27-34(37)42-8;1-8-10(7-16)13-14-15(8)11-6-9(17-2)4-5-12(11)18-3;2-1-3/h17-22,25-28,41-42H,11-16,23-24H2,1-10H3;4-7H,1-3H3;1H,(H2,2,3)/b29-25+,43-41?;;. The van der Waals surface area contributed by atoms with Gasteiger partial charge in [0.1, 0.15) is 51.6 Å². The molecule has 1 heterocycles. The normalized spacial score (nSPS) is 11.2. The number of rotatable bonds is 22. The molecule has 16 nitrogen and oxygen atoms in total. The maximum absolute atomic E-state index is 10.8. The summed E-state index contributed by atoms with van der Waals surface area (Å²) in [7, 11) is 8.31. The number of methoxy groups -OCH3 is 4. The molecule has 0 atom stereocenters. The molecule has 5 aromatic rings. The van der Waals surface area contributed by atoms with E-state index in [0.717, 1.165) is 60.7 Å². The predicted octanol–water partition coefficient (Wildman–Crippen LogP) is 11.5. The van der Waals surface area contributed by atoms with Crippen LogP contribution in [0.25, 0.3) is 11.8 Å². The number of unbranched alkanes of at least 4 members (excludes halogenated alkanes) is 5. The zero-order valence-corrected chi connectivity index (χ0v) is 42.9. The lowest BCUT2D eigenvalue weighted by Gasteiger charge is -2.23. The maximum Gasteiger partial charge on any atom is 0.204 e. The highest BCUT2D eigenvalue weighted by Crippen LogP contribution is 2.37. The average molecular weight is 951 g/mol. The molecule has 4 N–H and O–H groups in total. The Morgan fingerprint density at radius 3 is 1.74 bits per heavy atom. The number of aldehydes is 1. The van der Waals surface area contributed by atoms with Gasteiger partial charge in [-0.3, -0.25) is 9.59 Å². The fourth-order valence-corrected chi connectivity index (χ4v) is 7.06. The molecule has 69 heavy (non-hydrogen) atoms. The third kappa shape index (κ3) is 16.6. The zero-order valence-electron chi connectivity index (χ0n) is 42.9. The predicted molar refractivity (Wildman–Crippen MR) is 274 cm³/mol. The number of ether oxygens (including phenoxy) is 6. The topological polar surface area (TPSA) is 198 Å². The van der Waals surface area contributed by atoms with Crippen LogP contribution in [-0.4, -0.2) is 76.4 Å². The number of amides is 1. The number of aromatic nitrogens is 3. The Balaban J connectivity index is 0.000000494. The summed E-state index contributed by atoms with van der Waals surface area (Å²) in [5.74, 6) is 4.29. The van der Waals surface area contributed by atoms with Crippen LogP contribution in [0.2, 0.25) is 0 Å². The monoisotopic (exact) mass is 951 g/mol. The van der Waals surface area contributed by atoms with E-state index in [-0.39, 0.29) is 17.2 Å². The summed E-state index contributed by atoms with van der Waals surface area (Å²) >= 11 is 0. The van der Waals surface area contributed by atoms with E-state index in [0.29, 0.717) is 58.7 Å². The smallest absolute Gasteiger partial charge is 0.204 e. The van der Waals surface area contributed by atoms with E-state index in [1.807, 2.05) is 38.2 Å². The van der Waals surface area contributed by atoms with Gasteiger partial charge < -0.3 is 39.5 Å². The van der Waals surface area contributed by atoms with Crippen molar-refractivity contribution in [3.63, 3.8) is 0 Å². The minimum absolute atomic E-state index is 0.0262. The SMILES string of the molecule is CNc1cc(C(C)(C)C)ccc1OCCCCCCCCOc1ccc(C(C)(C)C)cc1/C=C(\C)N(N=N)c1cc(OC)ccc1OC.COc1ccc(OC)c(-n2nnc(C=O)c2C)c1.NC=O. The van der Waals surface area contributed by atoms with Crippen molar-refractivity contribution in [2.24, 2.45) is 11.0 Å². The van der Waals surface area contributed by atoms with Crippen molar-refractivity contribution >= 4 is 30.1 Å². The molecule has 374 valence electrons. The summed E-state index contributed by atoms with van der Waals surface area (Å²) in [4.78, 5) is 19.4. The molecule has 0 aliphatic heterocycles. The summed E-state index contributed by atoms with van der Waals surface area (Å²) in [6.45, 7) is 18.3. The Morgan fingerprint density at radius 1 is 0.725 bits per heavy atom. The van der Waals surface area contributed by atoms with Crippen LogP contribution < -0.4 is 44.5 Å². The molecule has 0 bridgehead atoms. The fourth-order valence-electron chi connectivity index (χ4n) is 7.06. The quantitative estimate of drug-likeness (QED) is 0.0257. The number of primary amides is 1. The lowest BCUT2D eigenvalue weighted by Crippen LogP contribution is -2.14. The van der Waals surface area contributed by atoms with Crippen LogP contribution in [-0.2, 0) is 15.6 Å². The summed E-state index contributed by atoms with van der Waals surface area (Å²) in [5, 5.41) is 16.4. The van der Waals surface area contributed by atoms with E-state index in [2.05, 4.69) is 105 Å². The van der Waals surface area contributed by atoms with Gasteiger partial charge in [-0.15, -0.1) is 5.10 Å². The molecule has 0 spiro atoms. The van der Waals surface area contributed by atoms with E-state index in [1.165, 1.54) is 24.0 Å². The molecule has 0 fully saturated rings. The largest absolute Gasteiger partial charge is 0.497 e. The second-order valence-corrected chi connectivity index (χ2v) is 18.0. The number of nitrogens with zero attached hydrogens (tertiary/aromatic N) is 5. The highest BCUT2D eigenvalue weighted by molar-refractivity contribution is 5.73. The lowest BCUT2D eigenvalue weighted by molar-refractivity contribution is -0.106. The van der Waals surface area contributed by atoms with Crippen LogP contribution in [0.3, 0.4) is 0 Å². The zero-order chi connectivity index (χ0) is 51.1. The van der Waals surface area contributed by atoms with Gasteiger partial charge >= 0.3 is 0 Å². The first-order chi connectivity index (χ1) is 32.9. The molecule has 4 aromatic carbocycles. The van der Waals surface area contributed by atoms with Gasteiger partial charge in [-0.1, -0.05) is 89.8 Å². The summed E-state index contributed by atoms with van der Waals surface area (Å²) in [6.07, 6.45) is 9.58. The summed E-state index contributed by atoms with van der Waals surface area (Å²) in [5.41, 5.74) is 19.7. The van der Waals surface area contributed by atoms with Crippen molar-refractivity contribution in [2.75, 3.05) is 59.0 Å². The summed E-state index contributed by atoms with van der Waals surface area (Å²) in [6, 6.07) is 23.6. The van der Waals surface area contributed by atoms with E-state index < -0.39 is 0 Å². The van der Waals surface area contributed by atoms with Crippen molar-refractivity contribution in [2.45, 2.75) is 105 Å². The van der Waals surface area contributed by atoms with Gasteiger partial charge in [-0.25, -0.2) is 9.69 Å². The molecule has 0 saturated heterocycles. The third-order valence-electron chi connectivity index (χ3n) is 11.1. The first kappa shape index (κ1) is 56.2. The number of carbonyl (C=O) groups excluding carboxylic acids is 2. The third-order valence-corrected chi connectivity index (χ3v) is 11.1. The number of hydrogen-bond acceptors (Lipinski definition) is 13. The minimum Gasteiger partial charge on any atom is -0.497 e. The molecule has 0 unspecified atom stereocenters. The van der Waals surface area contributed by atoms with Gasteiger partial charge in [0.25, 0.3) is 0 Å². The molecular weight excluding hydrogens is 877 g/mol. The first-order valence-corrected chi connectivity index (χ1v) is 23.0. The summed E-state index contributed by atoms with van der Waals surface area (Å²) < 4.78 is 35.4. The van der Waals surface area contributed by atoms with Crippen LogP contribution in [0.1, 0.15) is 120 Å². The molecule has 1 amide bonds. The number of nitrogens with two attached hydrogens (primary N) is 1. The Labute approximate surface area is 408 Å². The van der Waals surface area contributed by atoms with Gasteiger partial charge in [0.2, 0.25) is 6.41 Å². The van der Waals surface area contributed by atoms with E-state index in [9.17, 15) is 4.79 Å². The van der Waals surface area contributed by atoms with Crippen molar-refractivity contribution in [1.29, 1.82) is 5.53 Å². The lowest BCUT2D eigenvalue weighted by atomic mass is 9.86. The molecule has 0 aliphatic rings. The van der Waals surface area contributed by atoms with Crippen LogP contribution in [0.5, 0.6) is 34.5 Å². The molecule has 0 radical (unpaired) electrons. The average Bonchev–Trinajstić information content (AvgIpc) is 3.71. The van der Waals surface area contributed by atoms with E-state index >= 15 is 0 Å². The van der Waals surface area contributed by atoms with Crippen molar-refractivity contribution < 1.29 is 38.0 Å². The number of nitrogens with one attached hydrogen (secondary N) is 2. The molecular formula is C53H74N8O8. The van der Waals surface area contributed by atoms with Gasteiger partial charge in [0.05, 0.1) is 53.0 Å². The molecule has 1 aromatic heterocycles. The van der Waals surface area contributed by atoms with Crippen LogP contribution in [0, 0.1) is 12.5 Å². The number of allylic oxidation sites excluding steroid dienone is 1. The second-order valence-electron chi connectivity index (χ2n) is 18.0. The Bertz CT molecular complexity index is 2440. The molecule has 0 aliphatic carbocycles. The second kappa shape index (κ2) is 27.6. The first-order valence-electron chi connectivity index (χ1n) is 23.0. The van der Waals surface area contributed by atoms with Crippen LogP contribution >= 0.6 is 0 Å². The minimum atomic E-state index is -0.0262. The van der Waals surface area contributed by atoms with E-state index in [4.69, 9.17) is 38.7 Å². The Morgan fingerprint density at radius 2 is 1.23 bits per heavy atom. The van der Waals surface area contributed by atoms with Crippen molar-refractivity contribution in [1.82, 2.24) is 15.0 Å². The maximum atomic E-state index is 10.8. The number of benzene rings is 4. The van der Waals surface area contributed by atoms with Crippen molar-refractivity contribution in [3.05, 3.63) is 107 Å². The Kier molecular flexibility index (Phi) is 22.5. The van der Waals surface area contributed by atoms with Gasteiger partial charge in [-0.05, 0) is 103 Å². The highest BCUT2D eigenvalue weighted by atomic mass is 16.5.